The van der Waals surface area contributed by atoms with Gasteiger partial charge in [-0.25, -0.2) is 4.98 Å². The van der Waals surface area contributed by atoms with Crippen LogP contribution in [0.2, 0.25) is 0 Å². The van der Waals surface area contributed by atoms with Gasteiger partial charge < -0.3 is 29.6 Å². The summed E-state index contributed by atoms with van der Waals surface area (Å²) in [6.07, 6.45) is 4.51. The lowest BCUT2D eigenvalue weighted by atomic mass is 10.1. The highest BCUT2D eigenvalue weighted by atomic mass is 32.2. The summed E-state index contributed by atoms with van der Waals surface area (Å²) in [5.41, 5.74) is 3.33. The van der Waals surface area contributed by atoms with Gasteiger partial charge in [0.05, 0.1) is 36.9 Å². The Bertz CT molecular complexity index is 2050. The molecule has 0 bridgehead atoms. The predicted octanol–water partition coefficient (Wildman–Crippen LogP) is 4.75. The van der Waals surface area contributed by atoms with Crippen LogP contribution in [0.25, 0.3) is 10.9 Å². The fourth-order valence-corrected chi connectivity index (χ4v) is 6.52. The number of aromatic nitrogens is 3. The van der Waals surface area contributed by atoms with Crippen LogP contribution in [-0.4, -0.2) is 59.2 Å². The van der Waals surface area contributed by atoms with Gasteiger partial charge in [0, 0.05) is 37.1 Å². The summed E-state index contributed by atoms with van der Waals surface area (Å²) < 4.78 is 23.3. The minimum absolute atomic E-state index is 0.0621. The van der Waals surface area contributed by atoms with E-state index < -0.39 is 5.25 Å². The van der Waals surface area contributed by atoms with Crippen LogP contribution in [0.3, 0.4) is 0 Å². The van der Waals surface area contributed by atoms with Crippen molar-refractivity contribution < 1.29 is 28.5 Å². The molecule has 1 atom stereocenters. The molecular weight excluding hydrogens is 659 g/mol. The molecule has 2 N–H and O–H groups in total. The van der Waals surface area contributed by atoms with E-state index in [1.807, 2.05) is 49.4 Å². The molecule has 0 radical (unpaired) electrons. The summed E-state index contributed by atoms with van der Waals surface area (Å²) in [6, 6.07) is 19.8. The quantitative estimate of drug-likeness (QED) is 0.124. The SMILES string of the molecule is CC[C@H](Sc1nc2cc3c(cc2c(=O)n1Cc1ccc(C(=O)NCCc2ccc(OC)c(OC)c2)cc1)OCO3)C(=O)NCc1cccnc1. The number of nitrogens with zero attached hydrogens (tertiary/aromatic N) is 3. The topological polar surface area (TPSA) is 143 Å². The number of thioether (sulfide) groups is 1. The lowest BCUT2D eigenvalue weighted by Gasteiger charge is -2.18. The minimum Gasteiger partial charge on any atom is -0.493 e. The second kappa shape index (κ2) is 15.8. The van der Waals surface area contributed by atoms with Crippen molar-refractivity contribution in [3.05, 3.63) is 112 Å². The highest BCUT2D eigenvalue weighted by molar-refractivity contribution is 8.00. The normalized spacial score (nSPS) is 12.4. The monoisotopic (exact) mass is 695 g/mol. The van der Waals surface area contributed by atoms with Gasteiger partial charge in [-0.05, 0) is 65.9 Å². The molecule has 6 rings (SSSR count). The number of fused-ring (bicyclic) bond motifs is 2. The number of carbonyl (C=O) groups excluding carboxylic acids is 2. The Kier molecular flexibility index (Phi) is 10.8. The number of rotatable bonds is 14. The van der Waals surface area contributed by atoms with Crippen molar-refractivity contribution in [1.29, 1.82) is 0 Å². The predicted molar refractivity (Wildman–Crippen MR) is 189 cm³/mol. The van der Waals surface area contributed by atoms with E-state index in [2.05, 4.69) is 15.6 Å². The van der Waals surface area contributed by atoms with Crippen molar-refractivity contribution >= 4 is 34.5 Å². The fraction of sp³-hybridized carbons (Fsp3) is 0.270. The molecule has 12 nitrogen and oxygen atoms in total. The third-order valence-corrected chi connectivity index (χ3v) is 9.57. The van der Waals surface area contributed by atoms with Crippen molar-refractivity contribution in [2.75, 3.05) is 27.6 Å². The number of ether oxygens (including phenoxy) is 4. The number of pyridine rings is 1. The van der Waals surface area contributed by atoms with Crippen molar-refractivity contribution in [2.45, 2.75) is 43.3 Å². The van der Waals surface area contributed by atoms with E-state index in [1.54, 1.807) is 55.4 Å². The maximum absolute atomic E-state index is 14.0. The number of benzene rings is 3. The summed E-state index contributed by atoms with van der Waals surface area (Å²) >= 11 is 1.23. The lowest BCUT2D eigenvalue weighted by Crippen LogP contribution is -2.33. The van der Waals surface area contributed by atoms with E-state index in [0.717, 1.165) is 16.7 Å². The molecule has 0 saturated carbocycles. The summed E-state index contributed by atoms with van der Waals surface area (Å²) in [5.74, 6) is 1.89. The number of methoxy groups -OCH3 is 2. The fourth-order valence-electron chi connectivity index (χ4n) is 5.48. The van der Waals surface area contributed by atoms with Crippen LogP contribution in [0.4, 0.5) is 0 Å². The van der Waals surface area contributed by atoms with Gasteiger partial charge in [-0.1, -0.05) is 43.0 Å². The highest BCUT2D eigenvalue weighted by Crippen LogP contribution is 2.36. The molecule has 2 amide bonds. The standard InChI is InChI=1S/C37H37N5O7S/c1-4-33(35(44)40-20-25-6-5-14-38-19-25)50-37-41-28-18-32-31(48-22-49-32)17-27(28)36(45)42(37)21-24-7-10-26(11-8-24)34(43)39-15-13-23-9-12-29(46-2)30(16-23)47-3/h5-12,14,16-19,33H,4,13,15,20-22H2,1-3H3,(H,39,43)(H,40,44)/t33-/m0/s1. The average Bonchev–Trinajstić information content (AvgIpc) is 3.61. The van der Waals surface area contributed by atoms with E-state index in [4.69, 9.17) is 23.9 Å². The van der Waals surface area contributed by atoms with Crippen LogP contribution in [0.1, 0.15) is 40.4 Å². The molecule has 13 heteroatoms. The van der Waals surface area contributed by atoms with Crippen molar-refractivity contribution in [3.63, 3.8) is 0 Å². The van der Waals surface area contributed by atoms with E-state index in [1.165, 1.54) is 11.8 Å². The van der Waals surface area contributed by atoms with Gasteiger partial charge in [-0.2, -0.15) is 0 Å². The van der Waals surface area contributed by atoms with Gasteiger partial charge in [-0.3, -0.25) is 23.9 Å². The molecule has 50 heavy (non-hydrogen) atoms. The largest absolute Gasteiger partial charge is 0.493 e. The van der Waals surface area contributed by atoms with Gasteiger partial charge in [0.15, 0.2) is 28.2 Å². The minimum atomic E-state index is -0.513. The van der Waals surface area contributed by atoms with Gasteiger partial charge >= 0.3 is 0 Å². The molecule has 0 aliphatic carbocycles. The molecule has 3 aromatic carbocycles. The lowest BCUT2D eigenvalue weighted by molar-refractivity contribution is -0.120. The average molecular weight is 696 g/mol. The van der Waals surface area contributed by atoms with E-state index in [9.17, 15) is 14.4 Å². The first-order valence-electron chi connectivity index (χ1n) is 16.1. The Labute approximate surface area is 293 Å². The zero-order chi connectivity index (χ0) is 35.0. The first-order chi connectivity index (χ1) is 24.4. The number of carbonyl (C=O) groups is 2. The van der Waals surface area contributed by atoms with Crippen LogP contribution < -0.4 is 35.1 Å². The van der Waals surface area contributed by atoms with Crippen LogP contribution in [0.5, 0.6) is 23.0 Å². The first-order valence-corrected chi connectivity index (χ1v) is 17.0. The summed E-state index contributed by atoms with van der Waals surface area (Å²) in [4.78, 5) is 49.2. The third-order valence-electron chi connectivity index (χ3n) is 8.22. The van der Waals surface area contributed by atoms with Gasteiger partial charge in [0.25, 0.3) is 11.5 Å². The molecule has 258 valence electrons. The number of nitrogens with one attached hydrogen (secondary N) is 2. The van der Waals surface area contributed by atoms with Gasteiger partial charge in [0.2, 0.25) is 12.7 Å². The molecule has 0 spiro atoms. The van der Waals surface area contributed by atoms with Crippen LogP contribution in [0, 0.1) is 0 Å². The highest BCUT2D eigenvalue weighted by Gasteiger charge is 2.24. The van der Waals surface area contributed by atoms with Crippen LogP contribution in [-0.2, 0) is 24.3 Å². The van der Waals surface area contributed by atoms with E-state index >= 15 is 0 Å². The second-order valence-corrected chi connectivity index (χ2v) is 12.7. The van der Waals surface area contributed by atoms with Gasteiger partial charge in [-0.15, -0.1) is 0 Å². The molecule has 3 heterocycles. The van der Waals surface area contributed by atoms with Crippen LogP contribution >= 0.6 is 11.8 Å². The Morgan fingerprint density at radius 1 is 0.940 bits per heavy atom. The molecule has 5 aromatic rings. The zero-order valence-electron chi connectivity index (χ0n) is 27.9. The number of amides is 2. The molecule has 0 saturated heterocycles. The van der Waals surface area contributed by atoms with E-state index in [-0.39, 0.29) is 30.7 Å². The molecule has 2 aromatic heterocycles. The second-order valence-electron chi connectivity index (χ2n) is 11.5. The summed E-state index contributed by atoms with van der Waals surface area (Å²) in [5, 5.41) is 6.18. The van der Waals surface area contributed by atoms with E-state index in [0.29, 0.717) is 70.6 Å². The number of hydrogen-bond donors (Lipinski definition) is 2. The Balaban J connectivity index is 1.19. The number of hydrogen-bond acceptors (Lipinski definition) is 10. The summed E-state index contributed by atoms with van der Waals surface area (Å²) in [7, 11) is 3.17. The Hall–Kier alpha value is -5.56. The van der Waals surface area contributed by atoms with Crippen LogP contribution in [0.15, 0.2) is 89.1 Å². The molecule has 1 aliphatic rings. The maximum atomic E-state index is 14.0. The first kappa shape index (κ1) is 34.3. The molecular formula is C37H37N5O7S. The summed E-state index contributed by atoms with van der Waals surface area (Å²) in [6.45, 7) is 2.92. The van der Waals surface area contributed by atoms with Crippen molar-refractivity contribution in [3.8, 4) is 23.0 Å². The Morgan fingerprint density at radius 3 is 2.42 bits per heavy atom. The molecule has 1 aliphatic heterocycles. The third kappa shape index (κ3) is 7.84. The molecule has 0 unspecified atom stereocenters. The Morgan fingerprint density at radius 2 is 1.70 bits per heavy atom. The molecule has 0 fully saturated rings. The zero-order valence-corrected chi connectivity index (χ0v) is 28.7. The van der Waals surface area contributed by atoms with Crippen molar-refractivity contribution in [2.24, 2.45) is 0 Å². The van der Waals surface area contributed by atoms with Crippen molar-refractivity contribution in [1.82, 2.24) is 25.2 Å². The maximum Gasteiger partial charge on any atom is 0.262 e. The smallest absolute Gasteiger partial charge is 0.262 e. The van der Waals surface area contributed by atoms with Gasteiger partial charge in [0.1, 0.15) is 0 Å².